The Balaban J connectivity index is 2.26. The second kappa shape index (κ2) is 4.28. The van der Waals surface area contributed by atoms with Crippen molar-refractivity contribution in [2.24, 2.45) is 11.1 Å². The van der Waals surface area contributed by atoms with Gasteiger partial charge < -0.3 is 16.4 Å². The molecule has 0 aromatic heterocycles. The molecule has 4 nitrogen and oxygen atoms in total. The Labute approximate surface area is 85.6 Å². The van der Waals surface area contributed by atoms with Gasteiger partial charge in [-0.1, -0.05) is 0 Å². The second-order valence-corrected chi connectivity index (χ2v) is 4.77. The van der Waals surface area contributed by atoms with Gasteiger partial charge >= 0.3 is 0 Å². The lowest BCUT2D eigenvalue weighted by Crippen LogP contribution is -2.52. The van der Waals surface area contributed by atoms with Crippen LogP contribution in [0, 0.1) is 5.41 Å². The number of carbonyl (C=O) groups excluding carboxylic acids is 1. The minimum Gasteiger partial charge on any atom is -0.359 e. The Hall–Kier alpha value is -0.610. The van der Waals surface area contributed by atoms with E-state index in [-0.39, 0.29) is 11.3 Å². The summed E-state index contributed by atoms with van der Waals surface area (Å²) in [5.74, 6) is 0.0774. The lowest BCUT2D eigenvalue weighted by atomic mass is 9.85. The van der Waals surface area contributed by atoms with E-state index in [1.807, 2.05) is 13.8 Å². The molecule has 0 spiro atoms. The normalized spacial score (nSPS) is 26.9. The number of nitrogens with two attached hydrogens (primary N) is 1. The van der Waals surface area contributed by atoms with E-state index >= 15 is 0 Å². The Kier molecular flexibility index (Phi) is 3.50. The smallest absolute Gasteiger partial charge is 0.226 e. The van der Waals surface area contributed by atoms with Crippen molar-refractivity contribution < 1.29 is 4.79 Å². The predicted octanol–water partition coefficient (Wildman–Crippen LogP) is -0.162. The molecule has 0 aromatic carbocycles. The quantitative estimate of drug-likeness (QED) is 0.589. The molecule has 1 saturated carbocycles. The first-order chi connectivity index (χ1) is 6.45. The van der Waals surface area contributed by atoms with Crippen molar-refractivity contribution in [2.75, 3.05) is 13.6 Å². The molecule has 1 fully saturated rings. The highest BCUT2D eigenvalue weighted by molar-refractivity contribution is 5.81. The van der Waals surface area contributed by atoms with Gasteiger partial charge in [0.15, 0.2) is 0 Å². The molecule has 14 heavy (non-hydrogen) atoms. The monoisotopic (exact) mass is 199 g/mol. The van der Waals surface area contributed by atoms with E-state index in [0.29, 0.717) is 18.6 Å². The molecule has 0 atom stereocenters. The van der Waals surface area contributed by atoms with Crippen molar-refractivity contribution in [3.63, 3.8) is 0 Å². The van der Waals surface area contributed by atoms with E-state index in [9.17, 15) is 4.79 Å². The Morgan fingerprint density at radius 2 is 2.07 bits per heavy atom. The van der Waals surface area contributed by atoms with E-state index in [4.69, 9.17) is 5.73 Å². The summed E-state index contributed by atoms with van der Waals surface area (Å²) in [5, 5.41) is 6.03. The highest BCUT2D eigenvalue weighted by atomic mass is 16.2. The van der Waals surface area contributed by atoms with Crippen LogP contribution in [0.5, 0.6) is 0 Å². The first kappa shape index (κ1) is 11.5. The minimum atomic E-state index is -0.339. The molecule has 4 N–H and O–H groups in total. The van der Waals surface area contributed by atoms with Gasteiger partial charge in [-0.05, 0) is 26.7 Å². The maximum absolute atomic E-state index is 11.4. The van der Waals surface area contributed by atoms with Crippen LogP contribution >= 0.6 is 0 Å². The third-order valence-electron chi connectivity index (χ3n) is 2.85. The molecule has 1 rings (SSSR count). The molecule has 0 radical (unpaired) electrons. The van der Waals surface area contributed by atoms with Gasteiger partial charge in [-0.3, -0.25) is 4.79 Å². The van der Waals surface area contributed by atoms with E-state index < -0.39 is 0 Å². The Morgan fingerprint density at radius 3 is 2.50 bits per heavy atom. The van der Waals surface area contributed by atoms with Crippen LogP contribution in [-0.2, 0) is 4.79 Å². The first-order valence-electron chi connectivity index (χ1n) is 5.17. The molecule has 1 amide bonds. The third-order valence-corrected chi connectivity index (χ3v) is 2.85. The SMILES string of the molecule is CNC(=O)C(C)(C)CNC1CC(N)C1. The highest BCUT2D eigenvalue weighted by Crippen LogP contribution is 2.20. The topological polar surface area (TPSA) is 67.2 Å². The molecule has 82 valence electrons. The standard InChI is InChI=1S/C10H21N3O/c1-10(2,9(14)12-3)6-13-8-4-7(11)5-8/h7-8,13H,4-6,11H2,1-3H3,(H,12,14). The van der Waals surface area contributed by atoms with Gasteiger partial charge in [-0.25, -0.2) is 0 Å². The second-order valence-electron chi connectivity index (χ2n) is 4.77. The summed E-state index contributed by atoms with van der Waals surface area (Å²) in [4.78, 5) is 11.4. The fraction of sp³-hybridized carbons (Fsp3) is 0.900. The number of rotatable bonds is 4. The Bertz CT molecular complexity index is 209. The van der Waals surface area contributed by atoms with Crippen LogP contribution in [0.15, 0.2) is 0 Å². The van der Waals surface area contributed by atoms with Crippen LogP contribution in [0.3, 0.4) is 0 Å². The molecule has 4 heteroatoms. The van der Waals surface area contributed by atoms with Gasteiger partial charge in [0.25, 0.3) is 0 Å². The average Bonchev–Trinajstić information content (AvgIpc) is 2.09. The molecule has 0 bridgehead atoms. The lowest BCUT2D eigenvalue weighted by Gasteiger charge is -2.35. The van der Waals surface area contributed by atoms with Crippen molar-refractivity contribution in [1.29, 1.82) is 0 Å². The van der Waals surface area contributed by atoms with Crippen molar-refractivity contribution in [1.82, 2.24) is 10.6 Å². The molecule has 0 unspecified atom stereocenters. The first-order valence-corrected chi connectivity index (χ1v) is 5.17. The summed E-state index contributed by atoms with van der Waals surface area (Å²) in [6, 6.07) is 0.865. The summed E-state index contributed by atoms with van der Waals surface area (Å²) in [7, 11) is 1.67. The van der Waals surface area contributed by atoms with Gasteiger partial charge in [0.1, 0.15) is 0 Å². The Morgan fingerprint density at radius 1 is 1.50 bits per heavy atom. The van der Waals surface area contributed by atoms with Crippen LogP contribution in [0.1, 0.15) is 26.7 Å². The van der Waals surface area contributed by atoms with Crippen LogP contribution < -0.4 is 16.4 Å². The van der Waals surface area contributed by atoms with Gasteiger partial charge in [-0.2, -0.15) is 0 Å². The van der Waals surface area contributed by atoms with E-state index in [0.717, 1.165) is 12.8 Å². The number of carbonyl (C=O) groups is 1. The zero-order valence-electron chi connectivity index (χ0n) is 9.26. The number of nitrogens with one attached hydrogen (secondary N) is 2. The maximum Gasteiger partial charge on any atom is 0.226 e. The van der Waals surface area contributed by atoms with Crippen molar-refractivity contribution in [2.45, 2.75) is 38.8 Å². The fourth-order valence-corrected chi connectivity index (χ4v) is 1.65. The number of amides is 1. The van der Waals surface area contributed by atoms with Crippen LogP contribution in [0.2, 0.25) is 0 Å². The summed E-state index contributed by atoms with van der Waals surface area (Å²) < 4.78 is 0. The molecule has 0 saturated heterocycles. The van der Waals surface area contributed by atoms with Gasteiger partial charge in [-0.15, -0.1) is 0 Å². The van der Waals surface area contributed by atoms with Gasteiger partial charge in [0.2, 0.25) is 5.91 Å². The predicted molar refractivity (Wildman–Crippen MR) is 56.8 cm³/mol. The largest absolute Gasteiger partial charge is 0.359 e. The molecule has 0 heterocycles. The molecule has 1 aliphatic rings. The summed E-state index contributed by atoms with van der Waals surface area (Å²) >= 11 is 0. The zero-order valence-corrected chi connectivity index (χ0v) is 9.26. The van der Waals surface area contributed by atoms with E-state index in [1.165, 1.54) is 0 Å². The number of hydrogen-bond acceptors (Lipinski definition) is 3. The number of hydrogen-bond donors (Lipinski definition) is 3. The molecule has 0 aromatic rings. The van der Waals surface area contributed by atoms with Crippen molar-refractivity contribution in [3.05, 3.63) is 0 Å². The minimum absolute atomic E-state index is 0.0774. The lowest BCUT2D eigenvalue weighted by molar-refractivity contribution is -0.128. The maximum atomic E-state index is 11.4. The summed E-state index contributed by atoms with van der Waals surface area (Å²) in [6.45, 7) is 4.60. The highest BCUT2D eigenvalue weighted by Gasteiger charge is 2.30. The molecule has 1 aliphatic carbocycles. The van der Waals surface area contributed by atoms with Crippen LogP contribution in [-0.4, -0.2) is 31.6 Å². The molecular weight excluding hydrogens is 178 g/mol. The summed E-state index contributed by atoms with van der Waals surface area (Å²) in [6.07, 6.45) is 2.06. The van der Waals surface area contributed by atoms with Gasteiger partial charge in [0.05, 0.1) is 5.41 Å². The van der Waals surface area contributed by atoms with Gasteiger partial charge in [0, 0.05) is 25.7 Å². The van der Waals surface area contributed by atoms with Crippen molar-refractivity contribution in [3.8, 4) is 0 Å². The molecular formula is C10H21N3O. The average molecular weight is 199 g/mol. The third kappa shape index (κ3) is 2.69. The van der Waals surface area contributed by atoms with E-state index in [1.54, 1.807) is 7.05 Å². The van der Waals surface area contributed by atoms with Crippen molar-refractivity contribution >= 4 is 5.91 Å². The van der Waals surface area contributed by atoms with Crippen LogP contribution in [0.25, 0.3) is 0 Å². The molecule has 0 aliphatic heterocycles. The fourth-order valence-electron chi connectivity index (χ4n) is 1.65. The zero-order chi connectivity index (χ0) is 10.8. The van der Waals surface area contributed by atoms with E-state index in [2.05, 4.69) is 10.6 Å². The van der Waals surface area contributed by atoms with Crippen LogP contribution in [0.4, 0.5) is 0 Å². The summed E-state index contributed by atoms with van der Waals surface area (Å²) in [5.41, 5.74) is 5.34.